The molecule has 0 radical (unpaired) electrons. The van der Waals surface area contributed by atoms with E-state index in [4.69, 9.17) is 0 Å². The quantitative estimate of drug-likeness (QED) is 0.107. The van der Waals surface area contributed by atoms with Gasteiger partial charge in [0.2, 0.25) is 0 Å². The van der Waals surface area contributed by atoms with E-state index < -0.39 is 10.8 Å². The Labute approximate surface area is 750 Å². The fourth-order valence-corrected chi connectivity index (χ4v) is 22.4. The molecule has 0 spiro atoms. The van der Waals surface area contributed by atoms with Crippen molar-refractivity contribution in [3.05, 3.63) is 505 Å². The van der Waals surface area contributed by atoms with Crippen molar-refractivity contribution in [3.63, 3.8) is 0 Å². The van der Waals surface area contributed by atoms with Gasteiger partial charge in [-0.05, 0) is 234 Å². The van der Waals surface area contributed by atoms with E-state index in [9.17, 15) is 0 Å². The second kappa shape index (κ2) is 29.7. The Morgan fingerprint density at radius 1 is 0.211 bits per heavy atom. The maximum atomic E-state index is 2.71. The highest BCUT2D eigenvalue weighted by molar-refractivity contribution is 7.00. The molecule has 0 unspecified atom stereocenters. The lowest BCUT2D eigenvalue weighted by Gasteiger charge is -2.46. The lowest BCUT2D eigenvalue weighted by atomic mass is 9.33. The molecular weight excluding hydrogens is 1540 g/mol. The van der Waals surface area contributed by atoms with E-state index in [2.05, 4.69) is 505 Å². The number of benzene rings is 19. The maximum absolute atomic E-state index is 2.71. The zero-order valence-electron chi connectivity index (χ0n) is 72.6. The van der Waals surface area contributed by atoms with Gasteiger partial charge in [0.1, 0.15) is 0 Å². The molecule has 0 N–H and O–H groups in total. The molecule has 0 saturated carbocycles. The molecule has 606 valence electrons. The van der Waals surface area contributed by atoms with Crippen LogP contribution in [0, 0.1) is 0 Å². The van der Waals surface area contributed by atoms with Crippen LogP contribution in [0.3, 0.4) is 0 Å². The number of fused-ring (bicyclic) bond motifs is 13. The molecule has 0 atom stereocenters. The van der Waals surface area contributed by atoms with E-state index in [0.717, 1.165) is 118 Å². The van der Waals surface area contributed by atoms with Crippen molar-refractivity contribution in [2.75, 3.05) is 9.80 Å². The van der Waals surface area contributed by atoms with Gasteiger partial charge < -0.3 is 14.4 Å². The molecule has 1 aromatic heterocycles. The van der Waals surface area contributed by atoms with Crippen LogP contribution in [0.2, 0.25) is 0 Å². The summed E-state index contributed by atoms with van der Waals surface area (Å²) in [5.74, 6) is 0. The number of aromatic nitrogens is 1. The van der Waals surface area contributed by atoms with Crippen molar-refractivity contribution in [3.8, 4) is 94.7 Å². The number of anilines is 6. The molecule has 4 aliphatic rings. The minimum absolute atomic E-state index is 0.125. The van der Waals surface area contributed by atoms with E-state index in [1.54, 1.807) is 0 Å². The van der Waals surface area contributed by atoms with Gasteiger partial charge in [0.15, 0.2) is 0 Å². The summed E-state index contributed by atoms with van der Waals surface area (Å²) in [6.07, 6.45) is 0. The molecule has 19 aromatic carbocycles. The summed E-state index contributed by atoms with van der Waals surface area (Å²) < 4.78 is 2.61. The van der Waals surface area contributed by atoms with Gasteiger partial charge in [-0.25, -0.2) is 0 Å². The predicted octanol–water partition coefficient (Wildman–Crippen LogP) is 30.2. The minimum Gasteiger partial charge on any atom is -0.311 e. The maximum Gasteiger partial charge on any atom is 0.252 e. The van der Waals surface area contributed by atoms with Gasteiger partial charge in [0.25, 0.3) is 6.71 Å². The molecule has 24 rings (SSSR count). The van der Waals surface area contributed by atoms with Gasteiger partial charge in [-0.3, -0.25) is 0 Å². The van der Waals surface area contributed by atoms with Crippen LogP contribution in [0.5, 0.6) is 0 Å². The number of para-hydroxylation sites is 2. The fourth-order valence-electron chi connectivity index (χ4n) is 22.4. The molecule has 3 nitrogen and oxygen atoms in total. The van der Waals surface area contributed by atoms with Gasteiger partial charge in [-0.15, -0.1) is 0 Å². The van der Waals surface area contributed by atoms with Crippen molar-refractivity contribution in [1.29, 1.82) is 0 Å². The molecular formula is C124H92BN3. The smallest absolute Gasteiger partial charge is 0.252 e. The molecule has 128 heavy (non-hydrogen) atoms. The van der Waals surface area contributed by atoms with Crippen molar-refractivity contribution >= 4 is 79.0 Å². The van der Waals surface area contributed by atoms with Gasteiger partial charge in [-0.1, -0.05) is 418 Å². The first-order valence-electron chi connectivity index (χ1n) is 45.1. The summed E-state index contributed by atoms with van der Waals surface area (Å²) in [7, 11) is 0. The van der Waals surface area contributed by atoms with Crippen LogP contribution in [0.15, 0.2) is 449 Å². The van der Waals surface area contributed by atoms with Crippen molar-refractivity contribution in [1.82, 2.24) is 4.57 Å². The third kappa shape index (κ3) is 11.7. The summed E-state index contributed by atoms with van der Waals surface area (Å²) >= 11 is 0. The van der Waals surface area contributed by atoms with Crippen LogP contribution in [0.4, 0.5) is 34.1 Å². The third-order valence-electron chi connectivity index (χ3n) is 28.3. The van der Waals surface area contributed by atoms with Crippen molar-refractivity contribution in [2.45, 2.75) is 63.2 Å². The predicted molar refractivity (Wildman–Crippen MR) is 539 cm³/mol. The summed E-state index contributed by atoms with van der Waals surface area (Å²) in [6.45, 7) is 13.7. The van der Waals surface area contributed by atoms with Crippen LogP contribution in [0.1, 0.15) is 97.2 Å². The Hall–Kier alpha value is -15.4. The molecule has 4 heteroatoms. The number of rotatable bonds is 13. The highest BCUT2D eigenvalue weighted by Crippen LogP contribution is 2.61. The lowest BCUT2D eigenvalue weighted by Crippen LogP contribution is -2.61. The van der Waals surface area contributed by atoms with Crippen LogP contribution in [0.25, 0.3) is 117 Å². The zero-order chi connectivity index (χ0) is 85.7. The van der Waals surface area contributed by atoms with Crippen molar-refractivity contribution in [2.24, 2.45) is 0 Å². The minimum atomic E-state index is -0.585. The second-order valence-electron chi connectivity index (χ2n) is 37.3. The third-order valence-corrected chi connectivity index (χ3v) is 28.3. The normalized spacial score (nSPS) is 13.6. The number of nitrogens with zero attached hydrogens (tertiary/aromatic N) is 3. The molecule has 3 heterocycles. The average molecular weight is 1630 g/mol. The summed E-state index contributed by atoms with van der Waals surface area (Å²) in [6, 6.07) is 171. The molecule has 0 amide bonds. The SMILES string of the molecule is CC(C)(C)c1ccc2c(c1)c1cc(C(C)(C)C)ccc1n2-c1cc2c3c(c1)N(c1ccccc1-c1ccc4c(c1)-c1ccccc1C4(c1ccccc1)c1ccccc1)c1cc(-c4ccccc4)c(-c4ccccc4)cc1B3c1cc(-c3ccccc3)c(-c3ccccc3)cc1N2c1ccccc1-c1ccc2c(c1)-c1ccccc1C2(c1ccccc1)c1ccccc1. The average Bonchev–Trinajstić information content (AvgIpc) is 1.10. The first kappa shape index (κ1) is 76.3. The number of hydrogen-bond donors (Lipinski definition) is 0. The Kier molecular flexibility index (Phi) is 17.7. The van der Waals surface area contributed by atoms with Gasteiger partial charge >= 0.3 is 0 Å². The van der Waals surface area contributed by atoms with E-state index in [1.807, 2.05) is 0 Å². The molecule has 20 aromatic rings. The van der Waals surface area contributed by atoms with Gasteiger partial charge in [0.05, 0.1) is 38.9 Å². The van der Waals surface area contributed by atoms with E-state index in [1.165, 1.54) is 105 Å². The van der Waals surface area contributed by atoms with Gasteiger partial charge in [0, 0.05) is 44.6 Å². The fraction of sp³-hybridized carbons (Fsp3) is 0.0806. The van der Waals surface area contributed by atoms with Crippen LogP contribution in [-0.4, -0.2) is 11.3 Å². The first-order chi connectivity index (χ1) is 62.8. The topological polar surface area (TPSA) is 11.4 Å². The second-order valence-corrected chi connectivity index (χ2v) is 37.3. The highest BCUT2D eigenvalue weighted by atomic mass is 15.2. The molecule has 0 bridgehead atoms. The Bertz CT molecular complexity index is 7260. The molecule has 2 aliphatic carbocycles. The lowest BCUT2D eigenvalue weighted by molar-refractivity contribution is 0.590. The zero-order valence-corrected chi connectivity index (χ0v) is 72.6. The monoisotopic (exact) mass is 1630 g/mol. The Morgan fingerprint density at radius 2 is 0.508 bits per heavy atom. The summed E-state index contributed by atoms with van der Waals surface area (Å²) in [5, 5.41) is 2.46. The molecule has 0 saturated heterocycles. The van der Waals surface area contributed by atoms with Crippen LogP contribution < -0.4 is 26.2 Å². The van der Waals surface area contributed by atoms with E-state index in [-0.39, 0.29) is 17.5 Å². The Morgan fingerprint density at radius 3 is 0.852 bits per heavy atom. The molecule has 0 fully saturated rings. The largest absolute Gasteiger partial charge is 0.311 e. The Balaban J connectivity index is 0.844. The summed E-state index contributed by atoms with van der Waals surface area (Å²) in [4.78, 5) is 5.42. The van der Waals surface area contributed by atoms with Gasteiger partial charge in [-0.2, -0.15) is 0 Å². The summed E-state index contributed by atoms with van der Waals surface area (Å²) in [5.41, 5.74) is 43.3. The van der Waals surface area contributed by atoms with Crippen LogP contribution >= 0.6 is 0 Å². The highest BCUT2D eigenvalue weighted by Gasteiger charge is 2.50. The van der Waals surface area contributed by atoms with Crippen LogP contribution in [-0.2, 0) is 21.7 Å². The van der Waals surface area contributed by atoms with Crippen molar-refractivity contribution < 1.29 is 0 Å². The standard InChI is InChI=1S/C124H92BN3/c1-121(2,3)91-65-69-114-104(73-91)105-74-92(122(4,5)6)66-70-115(105)126(114)93-75-118-120-119(76-93)128(113-62-38-34-56-95(113)86-64-68-109-103(72-86)97-58-32-36-60-107(97)124(109,89-51-27-13-28-52-89)90-53-29-14-30-54-90)117-80-101(84-45-21-10-22-46-84)99(82-41-17-8-18-42-82)78-111(117)125(120)110-77-98(81-39-15-7-16-40-81)100(83-43-19-9-20-44-83)79-116(110)127(118)112-61-37-33-55-94(112)85-63-67-108-102(71-85)96-57-31-35-59-106(96)123(108,87-47-23-11-24-48-87)88-49-25-12-26-50-88/h7-80H,1-6H3. The van der Waals surface area contributed by atoms with E-state index in [0.29, 0.717) is 0 Å². The van der Waals surface area contributed by atoms with E-state index >= 15 is 0 Å². The number of hydrogen-bond acceptors (Lipinski definition) is 2. The first-order valence-corrected chi connectivity index (χ1v) is 45.1. The molecule has 2 aliphatic heterocycles.